The molecule has 6 heteroatoms. The molecule has 0 N–H and O–H groups in total. The van der Waals surface area contributed by atoms with E-state index in [2.05, 4.69) is 24.1 Å². The van der Waals surface area contributed by atoms with Gasteiger partial charge in [0.25, 0.3) is 0 Å². The molecule has 2 rings (SSSR count). The van der Waals surface area contributed by atoms with E-state index in [1.165, 1.54) is 0 Å². The van der Waals surface area contributed by atoms with Crippen molar-refractivity contribution in [2.75, 3.05) is 0 Å². The summed E-state index contributed by atoms with van der Waals surface area (Å²) in [6.45, 7) is 5.17. The molecule has 80 valence electrons. The van der Waals surface area contributed by atoms with Gasteiger partial charge in [0.2, 0.25) is 0 Å². The van der Waals surface area contributed by atoms with Crippen LogP contribution < -0.4 is 4.74 Å². The fourth-order valence-corrected chi connectivity index (χ4v) is 1.19. The van der Waals surface area contributed by atoms with Gasteiger partial charge in [0.15, 0.2) is 5.88 Å². The average Bonchev–Trinajstić information content (AvgIpc) is 2.16. The monoisotopic (exact) mass is 368 g/mol. The Morgan fingerprint density at radius 3 is 2.75 bits per heavy atom. The number of hydrogen-bond acceptors (Lipinski definition) is 3. The fraction of sp³-hybridized carbons (Fsp3) is 0.300. The molecule has 1 aliphatic heterocycles. The molecule has 1 aliphatic rings. The molecule has 0 bridgehead atoms. The Kier molecular flexibility index (Phi) is 7.27. The number of carbonyl (C=O) groups is 1. The van der Waals surface area contributed by atoms with Crippen LogP contribution in [0.4, 0.5) is 5.69 Å². The maximum absolute atomic E-state index is 10.9. The predicted octanol–water partition coefficient (Wildman–Crippen LogP) is 2.29. The van der Waals surface area contributed by atoms with Crippen molar-refractivity contribution in [1.29, 1.82) is 0 Å². The van der Waals surface area contributed by atoms with Gasteiger partial charge in [-0.15, -0.1) is 0 Å². The molecule has 2 radical (unpaired) electrons. The van der Waals surface area contributed by atoms with Crippen LogP contribution in [0.15, 0.2) is 12.3 Å². The predicted molar refractivity (Wildman–Crippen MR) is 51.3 cm³/mol. The third kappa shape index (κ3) is 3.76. The number of amides is 1. The molecule has 4 nitrogen and oxygen atoms in total. The third-order valence-electron chi connectivity index (χ3n) is 2.02. The summed E-state index contributed by atoms with van der Waals surface area (Å²) < 4.78 is 4.99. The first kappa shape index (κ1) is 16.5. The summed E-state index contributed by atoms with van der Waals surface area (Å²) >= 11 is 0. The van der Waals surface area contributed by atoms with E-state index in [-0.39, 0.29) is 71.3 Å². The molecule has 1 aromatic heterocycles. The number of fused-ring (bicyclic) bond motifs is 1. The van der Waals surface area contributed by atoms with Crippen LogP contribution in [-0.2, 0) is 70.2 Å². The van der Waals surface area contributed by atoms with Gasteiger partial charge in [-0.25, -0.2) is 4.98 Å². The maximum Gasteiger partial charge on any atom is 0.169 e. The topological polar surface area (TPSA) is 53.3 Å². The van der Waals surface area contributed by atoms with Gasteiger partial charge < -0.3 is 14.8 Å². The van der Waals surface area contributed by atoms with E-state index in [4.69, 9.17) is 4.74 Å². The molecule has 1 amide bonds. The molecule has 0 unspecified atom stereocenters. The van der Waals surface area contributed by atoms with Gasteiger partial charge in [-0.3, -0.25) is 0 Å². The minimum Gasteiger partial charge on any atom is -0.647 e. The smallest absolute Gasteiger partial charge is 0.169 e. The van der Waals surface area contributed by atoms with Gasteiger partial charge >= 0.3 is 0 Å². The van der Waals surface area contributed by atoms with Gasteiger partial charge in [-0.05, 0) is 11.5 Å². The maximum atomic E-state index is 10.9. The average molecular weight is 368 g/mol. The molecular weight excluding hydrogens is 358 g/mol. The first-order valence-electron chi connectivity index (χ1n) is 4.42. The standard InChI is InChI=1S/C10H11N2O2.2Y/c1-6(2)7-3-8-10(11-4-7)14-5-9(13)12-8;;/h3-6H,1-2H3,(H,12,13);;/q-1;;/p-1. The van der Waals surface area contributed by atoms with Crippen molar-refractivity contribution in [3.8, 4) is 5.88 Å². The fourth-order valence-electron chi connectivity index (χ4n) is 1.19. The van der Waals surface area contributed by atoms with Gasteiger partial charge in [0.05, 0.1) is 0 Å². The van der Waals surface area contributed by atoms with Crippen molar-refractivity contribution in [3.05, 3.63) is 29.8 Å². The van der Waals surface area contributed by atoms with Crippen LogP contribution in [0.1, 0.15) is 25.3 Å². The van der Waals surface area contributed by atoms with Gasteiger partial charge in [0, 0.05) is 71.6 Å². The molecule has 0 aliphatic carbocycles. The van der Waals surface area contributed by atoms with E-state index in [1.54, 1.807) is 6.20 Å². The van der Waals surface area contributed by atoms with Crippen LogP contribution in [-0.4, -0.2) is 10.9 Å². The minimum atomic E-state index is -0.375. The van der Waals surface area contributed by atoms with Crippen LogP contribution in [0.5, 0.6) is 5.88 Å². The second-order valence-electron chi connectivity index (χ2n) is 3.43. The summed E-state index contributed by atoms with van der Waals surface area (Å²) in [7, 11) is 0. The zero-order valence-corrected chi connectivity index (χ0v) is 14.9. The summed E-state index contributed by atoms with van der Waals surface area (Å²) in [6.07, 6.45) is 1.74. The quantitative estimate of drug-likeness (QED) is 0.715. The summed E-state index contributed by atoms with van der Waals surface area (Å²) in [6, 6.07) is 1.83. The van der Waals surface area contributed by atoms with E-state index in [1.807, 2.05) is 6.07 Å². The van der Waals surface area contributed by atoms with Gasteiger partial charge in [-0.2, -0.15) is 6.61 Å². The second kappa shape index (κ2) is 7.05. The number of nitrogens with zero attached hydrogens (tertiary/aromatic N) is 2. The van der Waals surface area contributed by atoms with Crippen molar-refractivity contribution in [3.63, 3.8) is 0 Å². The molecule has 0 spiro atoms. The Hall–Kier alpha value is 0.498. The molecule has 0 aromatic carbocycles. The Morgan fingerprint density at radius 2 is 2.12 bits per heavy atom. The Morgan fingerprint density at radius 1 is 1.44 bits per heavy atom. The van der Waals surface area contributed by atoms with Crippen molar-refractivity contribution in [1.82, 2.24) is 4.98 Å². The van der Waals surface area contributed by atoms with Crippen LogP contribution in [0.25, 0.3) is 5.32 Å². The number of pyridine rings is 1. The van der Waals surface area contributed by atoms with E-state index in [9.17, 15) is 4.79 Å². The van der Waals surface area contributed by atoms with Crippen molar-refractivity contribution < 1.29 is 74.9 Å². The number of ether oxygens (including phenoxy) is 1. The Labute approximate surface area is 145 Å². The van der Waals surface area contributed by atoms with Crippen LogP contribution in [0.3, 0.4) is 0 Å². The first-order valence-corrected chi connectivity index (χ1v) is 4.42. The normalized spacial score (nSPS) is 12.3. The summed E-state index contributed by atoms with van der Waals surface area (Å²) in [5, 5.41) is 3.81. The summed E-state index contributed by atoms with van der Waals surface area (Å²) in [4.78, 5) is 15.0. The van der Waals surface area contributed by atoms with E-state index >= 15 is 0 Å². The first-order chi connectivity index (χ1) is 6.66. The second-order valence-corrected chi connectivity index (χ2v) is 3.43. The molecule has 0 fully saturated rings. The van der Waals surface area contributed by atoms with Crippen LogP contribution >= 0.6 is 0 Å². The van der Waals surface area contributed by atoms with Crippen molar-refractivity contribution >= 4 is 11.6 Å². The Balaban J connectivity index is 0.00000112. The van der Waals surface area contributed by atoms with Crippen LogP contribution in [0, 0.1) is 6.61 Å². The van der Waals surface area contributed by atoms with Crippen LogP contribution in [0.2, 0.25) is 0 Å². The molecule has 0 saturated carbocycles. The largest absolute Gasteiger partial charge is 0.647 e. The summed E-state index contributed by atoms with van der Waals surface area (Å²) in [5.41, 5.74) is 1.56. The van der Waals surface area contributed by atoms with Crippen molar-refractivity contribution in [2.45, 2.75) is 19.8 Å². The molecule has 2 heterocycles. The Bertz CT molecular complexity index is 383. The number of rotatable bonds is 1. The zero-order valence-electron chi connectivity index (χ0n) is 9.18. The summed E-state index contributed by atoms with van der Waals surface area (Å²) in [5.74, 6) is 0.387. The molecule has 16 heavy (non-hydrogen) atoms. The van der Waals surface area contributed by atoms with E-state index in [0.717, 1.165) is 12.2 Å². The number of aromatic nitrogens is 1. The third-order valence-corrected chi connectivity index (χ3v) is 2.02. The number of hydrogen-bond donors (Lipinski definition) is 0. The SMILES string of the molecule is CC(C)c1cnc2c(c1)[N-]C(=O)[CH-]O2.[Y].[Y]. The molecular formula is C10H10N2O2Y2-2. The minimum absolute atomic E-state index is 0. The van der Waals surface area contributed by atoms with Crippen molar-refractivity contribution in [2.24, 2.45) is 0 Å². The molecule has 0 saturated heterocycles. The van der Waals surface area contributed by atoms with Gasteiger partial charge in [0.1, 0.15) is 0 Å². The van der Waals surface area contributed by atoms with E-state index in [0.29, 0.717) is 17.5 Å². The zero-order chi connectivity index (χ0) is 10.1. The number of carbonyl (C=O) groups excluding carboxylic acids is 1. The van der Waals surface area contributed by atoms with Gasteiger partial charge in [-0.1, -0.05) is 31.5 Å². The molecule has 1 aromatic rings. The van der Waals surface area contributed by atoms with E-state index < -0.39 is 0 Å². The molecule has 0 atom stereocenters.